The summed E-state index contributed by atoms with van der Waals surface area (Å²) in [6.45, 7) is 3.12. The number of ether oxygens (including phenoxy) is 3. The minimum atomic E-state index is -4.18. The topological polar surface area (TPSA) is 170 Å². The molecule has 3 N–H and O–H groups in total. The maximum absolute atomic E-state index is 12.7. The van der Waals surface area contributed by atoms with E-state index in [9.17, 15) is 13.2 Å². The molecule has 35 heavy (non-hydrogen) atoms. The molecule has 0 aliphatic carbocycles. The van der Waals surface area contributed by atoms with Crippen molar-refractivity contribution in [2.45, 2.75) is 44.2 Å². The lowest BCUT2D eigenvalue weighted by Crippen LogP contribution is -2.34. The Bertz CT molecular complexity index is 1380. The Balaban J connectivity index is 1.43. The molecule has 0 radical (unpaired) electrons. The van der Waals surface area contributed by atoms with Crippen LogP contribution in [0.3, 0.4) is 0 Å². The number of carbonyl (C=O) groups is 1. The standard InChI is InChI=1S/C20H21BrN6O7S/c1-20(2)33-14-12(7-31-35(22,29)30)32-19(15(14)34-20)27-9-25-13-16(23-8-24-17(13)27)26-18(28)10-3-5-11(21)6-4-10/h3-6,8-9,12,14-15,19H,7H2,1-2H3,(H2,22,29,30)(H,23,24,26,28)/t12-,14-,15-,19-/m1/s1. The van der Waals surface area contributed by atoms with Crippen LogP contribution in [0.5, 0.6) is 0 Å². The molecule has 1 amide bonds. The molecule has 4 atom stereocenters. The molecule has 0 unspecified atom stereocenters. The molecule has 0 bridgehead atoms. The fourth-order valence-electron chi connectivity index (χ4n) is 4.09. The summed E-state index contributed by atoms with van der Waals surface area (Å²) < 4.78 is 47.8. The summed E-state index contributed by atoms with van der Waals surface area (Å²) in [7, 11) is -4.18. The lowest BCUT2D eigenvalue weighted by Gasteiger charge is -2.24. The zero-order chi connectivity index (χ0) is 25.0. The van der Waals surface area contributed by atoms with Crippen molar-refractivity contribution in [3.05, 3.63) is 47.0 Å². The quantitative estimate of drug-likeness (QED) is 0.443. The van der Waals surface area contributed by atoms with E-state index < -0.39 is 40.6 Å². The highest BCUT2D eigenvalue weighted by Crippen LogP contribution is 2.44. The number of carbonyl (C=O) groups excluding carboxylic acids is 1. The van der Waals surface area contributed by atoms with E-state index in [0.717, 1.165) is 4.47 Å². The molecule has 4 heterocycles. The van der Waals surface area contributed by atoms with Crippen molar-refractivity contribution < 1.29 is 31.6 Å². The van der Waals surface area contributed by atoms with Gasteiger partial charge in [0.25, 0.3) is 5.91 Å². The first-order valence-electron chi connectivity index (χ1n) is 10.4. The summed E-state index contributed by atoms with van der Waals surface area (Å²) in [4.78, 5) is 25.5. The number of hydrogen-bond acceptors (Lipinski definition) is 10. The number of imidazole rings is 1. The Labute approximate surface area is 208 Å². The van der Waals surface area contributed by atoms with E-state index >= 15 is 0 Å². The predicted molar refractivity (Wildman–Crippen MR) is 124 cm³/mol. The number of rotatable bonds is 6. The normalized spacial score (nSPS) is 25.6. The van der Waals surface area contributed by atoms with Gasteiger partial charge in [0, 0.05) is 10.0 Å². The molecule has 1 aromatic carbocycles. The Hall–Kier alpha value is -2.53. The number of benzene rings is 1. The van der Waals surface area contributed by atoms with Crippen LogP contribution in [0.15, 0.2) is 41.4 Å². The number of anilines is 1. The van der Waals surface area contributed by atoms with Crippen LogP contribution >= 0.6 is 15.9 Å². The number of fused-ring (bicyclic) bond motifs is 2. The third-order valence-corrected chi connectivity index (χ3v) is 6.49. The van der Waals surface area contributed by atoms with Gasteiger partial charge < -0.3 is 19.5 Å². The fraction of sp³-hybridized carbons (Fsp3) is 0.400. The Morgan fingerprint density at radius 3 is 2.63 bits per heavy atom. The smallest absolute Gasteiger partial charge is 0.333 e. The van der Waals surface area contributed by atoms with Gasteiger partial charge >= 0.3 is 10.3 Å². The number of nitrogens with one attached hydrogen (secondary N) is 1. The average Bonchev–Trinajstić information content (AvgIpc) is 3.43. The van der Waals surface area contributed by atoms with Crippen LogP contribution in [0.25, 0.3) is 11.2 Å². The lowest BCUT2D eigenvalue weighted by atomic mass is 10.1. The number of halogens is 1. The van der Waals surface area contributed by atoms with Crippen LogP contribution in [0, 0.1) is 0 Å². The van der Waals surface area contributed by atoms with E-state index in [4.69, 9.17) is 23.5 Å². The third kappa shape index (κ3) is 4.93. The highest BCUT2D eigenvalue weighted by molar-refractivity contribution is 9.10. The van der Waals surface area contributed by atoms with Gasteiger partial charge in [0.2, 0.25) is 0 Å². The molecule has 2 aliphatic rings. The first kappa shape index (κ1) is 24.2. The van der Waals surface area contributed by atoms with Crippen LogP contribution in [0.4, 0.5) is 5.82 Å². The highest BCUT2D eigenvalue weighted by Gasteiger charge is 2.56. The van der Waals surface area contributed by atoms with E-state index in [0.29, 0.717) is 16.7 Å². The molecular formula is C20H21BrN6O7S. The monoisotopic (exact) mass is 568 g/mol. The second-order valence-corrected chi connectivity index (χ2v) is 10.6. The summed E-state index contributed by atoms with van der Waals surface area (Å²) in [6.07, 6.45) is -0.0399. The van der Waals surface area contributed by atoms with Crippen molar-refractivity contribution in [3.8, 4) is 0 Å². The van der Waals surface area contributed by atoms with Crippen molar-refractivity contribution in [3.63, 3.8) is 0 Å². The van der Waals surface area contributed by atoms with E-state index in [1.54, 1.807) is 42.7 Å². The molecule has 2 aliphatic heterocycles. The number of amides is 1. The van der Waals surface area contributed by atoms with Crippen LogP contribution < -0.4 is 10.5 Å². The van der Waals surface area contributed by atoms with E-state index in [1.165, 1.54) is 12.7 Å². The summed E-state index contributed by atoms with van der Waals surface area (Å²) in [6, 6.07) is 6.86. The molecule has 2 saturated heterocycles. The first-order chi connectivity index (χ1) is 16.5. The summed E-state index contributed by atoms with van der Waals surface area (Å²) in [5, 5.41) is 7.72. The van der Waals surface area contributed by atoms with Gasteiger partial charge in [-0.15, -0.1) is 0 Å². The van der Waals surface area contributed by atoms with Gasteiger partial charge in [0.1, 0.15) is 24.6 Å². The predicted octanol–water partition coefficient (Wildman–Crippen LogP) is 1.48. The molecule has 186 valence electrons. The van der Waals surface area contributed by atoms with Crippen molar-refractivity contribution in [2.75, 3.05) is 11.9 Å². The number of aromatic nitrogens is 4. The maximum Gasteiger partial charge on any atom is 0.333 e. The molecule has 15 heteroatoms. The van der Waals surface area contributed by atoms with Crippen molar-refractivity contribution in [2.24, 2.45) is 5.14 Å². The zero-order valence-corrected chi connectivity index (χ0v) is 20.9. The van der Waals surface area contributed by atoms with Gasteiger partial charge in [-0.05, 0) is 38.1 Å². The molecule has 0 saturated carbocycles. The summed E-state index contributed by atoms with van der Waals surface area (Å²) >= 11 is 3.34. The second-order valence-electron chi connectivity index (χ2n) is 8.41. The Morgan fingerprint density at radius 2 is 1.91 bits per heavy atom. The molecule has 3 aromatic rings. The SMILES string of the molecule is CC1(C)O[C@@H]2[C@H](O1)[C@@H](COS(N)(=O)=O)O[C@H]2n1cnc2c(NC(=O)c3ccc(Br)cc3)ncnc21. The van der Waals surface area contributed by atoms with Crippen molar-refractivity contribution in [1.29, 1.82) is 0 Å². The Kier molecular flexibility index (Phi) is 6.11. The van der Waals surface area contributed by atoms with Gasteiger partial charge in [-0.2, -0.15) is 8.42 Å². The van der Waals surface area contributed by atoms with Crippen LogP contribution in [-0.4, -0.2) is 64.5 Å². The van der Waals surface area contributed by atoms with Crippen LogP contribution in [0.2, 0.25) is 0 Å². The average molecular weight is 569 g/mol. The summed E-state index contributed by atoms with van der Waals surface area (Å²) in [5.74, 6) is -1.08. The molecular weight excluding hydrogens is 548 g/mol. The number of nitrogens with two attached hydrogens (primary N) is 1. The molecule has 13 nitrogen and oxygen atoms in total. The lowest BCUT2D eigenvalue weighted by molar-refractivity contribution is -0.198. The van der Waals surface area contributed by atoms with Gasteiger partial charge in [-0.3, -0.25) is 13.5 Å². The van der Waals surface area contributed by atoms with Crippen LogP contribution in [0.1, 0.15) is 30.4 Å². The fourth-order valence-corrected chi connectivity index (χ4v) is 4.68. The maximum atomic E-state index is 12.7. The number of hydrogen-bond donors (Lipinski definition) is 2. The minimum absolute atomic E-state index is 0.217. The molecule has 2 aromatic heterocycles. The van der Waals surface area contributed by atoms with Crippen molar-refractivity contribution >= 4 is 49.1 Å². The molecule has 2 fully saturated rings. The van der Waals surface area contributed by atoms with E-state index in [-0.39, 0.29) is 18.3 Å². The molecule has 5 rings (SSSR count). The third-order valence-electron chi connectivity index (χ3n) is 5.49. The van der Waals surface area contributed by atoms with E-state index in [2.05, 4.69) is 36.2 Å². The Morgan fingerprint density at radius 1 is 1.20 bits per heavy atom. The van der Waals surface area contributed by atoms with Gasteiger partial charge in [0.15, 0.2) is 29.0 Å². The minimum Gasteiger partial charge on any atom is -0.347 e. The number of nitrogens with zero attached hydrogens (tertiary/aromatic N) is 4. The van der Waals surface area contributed by atoms with Gasteiger partial charge in [-0.1, -0.05) is 15.9 Å². The second kappa shape index (κ2) is 8.85. The zero-order valence-electron chi connectivity index (χ0n) is 18.5. The van der Waals surface area contributed by atoms with Crippen molar-refractivity contribution in [1.82, 2.24) is 19.5 Å². The van der Waals surface area contributed by atoms with Gasteiger partial charge in [-0.25, -0.2) is 20.1 Å². The first-order valence-corrected chi connectivity index (χ1v) is 12.7. The summed E-state index contributed by atoms with van der Waals surface area (Å²) in [5.41, 5.74) is 1.15. The van der Waals surface area contributed by atoms with Gasteiger partial charge in [0.05, 0.1) is 12.9 Å². The van der Waals surface area contributed by atoms with E-state index in [1.807, 2.05) is 0 Å². The largest absolute Gasteiger partial charge is 0.347 e. The molecule has 0 spiro atoms. The van der Waals surface area contributed by atoms with Crippen LogP contribution in [-0.2, 0) is 28.7 Å². The highest BCUT2D eigenvalue weighted by atomic mass is 79.9.